The standard InChI is InChI=1S/C13H18FN/c14-10-13(6-1-2-7-13)12-5-3-4-11(8-12)9-15/h3-5,8H,1-2,6-7,9-10,15H2. The second-order valence-electron chi connectivity index (χ2n) is 4.53. The molecule has 0 spiro atoms. The van der Waals surface area contributed by atoms with E-state index in [1.807, 2.05) is 18.2 Å². The lowest BCUT2D eigenvalue weighted by atomic mass is 9.79. The van der Waals surface area contributed by atoms with Crippen molar-refractivity contribution in [1.29, 1.82) is 0 Å². The highest BCUT2D eigenvalue weighted by Crippen LogP contribution is 2.41. The van der Waals surface area contributed by atoms with E-state index < -0.39 is 0 Å². The Morgan fingerprint density at radius 1 is 1.27 bits per heavy atom. The van der Waals surface area contributed by atoms with Gasteiger partial charge in [0.15, 0.2) is 0 Å². The smallest absolute Gasteiger partial charge is 0.0990 e. The summed E-state index contributed by atoms with van der Waals surface area (Å²) in [5.41, 5.74) is 7.65. The van der Waals surface area contributed by atoms with Gasteiger partial charge in [0.25, 0.3) is 0 Å². The average Bonchev–Trinajstić information content (AvgIpc) is 2.79. The Kier molecular flexibility index (Phi) is 3.06. The number of nitrogens with two attached hydrogens (primary N) is 1. The Hall–Kier alpha value is -0.890. The van der Waals surface area contributed by atoms with Crippen molar-refractivity contribution in [3.8, 4) is 0 Å². The molecule has 0 aliphatic heterocycles. The van der Waals surface area contributed by atoms with Crippen LogP contribution in [0.5, 0.6) is 0 Å². The third-order valence-electron chi connectivity index (χ3n) is 3.59. The molecule has 1 saturated carbocycles. The van der Waals surface area contributed by atoms with Gasteiger partial charge in [-0.05, 0) is 24.0 Å². The summed E-state index contributed by atoms with van der Waals surface area (Å²) in [7, 11) is 0. The number of benzene rings is 1. The van der Waals surface area contributed by atoms with Crippen LogP contribution < -0.4 is 5.73 Å². The highest BCUT2D eigenvalue weighted by atomic mass is 19.1. The van der Waals surface area contributed by atoms with E-state index in [9.17, 15) is 4.39 Å². The molecule has 0 heterocycles. The molecule has 82 valence electrons. The van der Waals surface area contributed by atoms with Crippen LogP contribution in [0.1, 0.15) is 36.8 Å². The average molecular weight is 207 g/mol. The van der Waals surface area contributed by atoms with Gasteiger partial charge in [0, 0.05) is 12.0 Å². The molecule has 1 fully saturated rings. The summed E-state index contributed by atoms with van der Waals surface area (Å²) in [6, 6.07) is 8.12. The largest absolute Gasteiger partial charge is 0.326 e. The van der Waals surface area contributed by atoms with Gasteiger partial charge in [-0.1, -0.05) is 37.1 Å². The van der Waals surface area contributed by atoms with Crippen LogP contribution in [0.15, 0.2) is 24.3 Å². The Morgan fingerprint density at radius 2 is 2.00 bits per heavy atom. The third-order valence-corrected chi connectivity index (χ3v) is 3.59. The first-order chi connectivity index (χ1) is 7.30. The molecule has 1 aromatic rings. The first kappa shape index (κ1) is 10.6. The van der Waals surface area contributed by atoms with Crippen molar-refractivity contribution in [2.45, 2.75) is 37.6 Å². The number of alkyl halides is 1. The molecule has 0 aromatic heterocycles. The predicted molar refractivity (Wildman–Crippen MR) is 60.5 cm³/mol. The zero-order valence-electron chi connectivity index (χ0n) is 9.01. The van der Waals surface area contributed by atoms with E-state index in [1.54, 1.807) is 0 Å². The number of halogens is 1. The molecule has 0 amide bonds. The lowest BCUT2D eigenvalue weighted by Gasteiger charge is -2.26. The molecule has 1 aliphatic rings. The van der Waals surface area contributed by atoms with E-state index in [1.165, 1.54) is 0 Å². The van der Waals surface area contributed by atoms with Crippen molar-refractivity contribution in [2.24, 2.45) is 5.73 Å². The first-order valence-electron chi connectivity index (χ1n) is 5.66. The quantitative estimate of drug-likeness (QED) is 0.810. The zero-order valence-corrected chi connectivity index (χ0v) is 9.01. The minimum atomic E-state index is -0.235. The van der Waals surface area contributed by atoms with Crippen molar-refractivity contribution >= 4 is 0 Å². The van der Waals surface area contributed by atoms with E-state index in [2.05, 4.69) is 6.07 Å². The van der Waals surface area contributed by atoms with Crippen molar-refractivity contribution in [3.05, 3.63) is 35.4 Å². The van der Waals surface area contributed by atoms with Crippen LogP contribution in [-0.4, -0.2) is 6.67 Å². The maximum absolute atomic E-state index is 13.2. The van der Waals surface area contributed by atoms with E-state index in [-0.39, 0.29) is 12.1 Å². The SMILES string of the molecule is NCc1cccc(C2(CF)CCCC2)c1. The number of rotatable bonds is 3. The molecule has 2 heteroatoms. The summed E-state index contributed by atoms with van der Waals surface area (Å²) in [4.78, 5) is 0. The van der Waals surface area contributed by atoms with Gasteiger partial charge in [0.2, 0.25) is 0 Å². The zero-order chi connectivity index (χ0) is 10.7. The number of hydrogen-bond donors (Lipinski definition) is 1. The van der Waals surface area contributed by atoms with E-state index in [0.29, 0.717) is 6.54 Å². The highest BCUT2D eigenvalue weighted by Gasteiger charge is 2.35. The van der Waals surface area contributed by atoms with Crippen molar-refractivity contribution < 1.29 is 4.39 Å². The summed E-state index contributed by atoms with van der Waals surface area (Å²) in [6.07, 6.45) is 4.27. The maximum atomic E-state index is 13.2. The van der Waals surface area contributed by atoms with Crippen LogP contribution >= 0.6 is 0 Å². The number of hydrogen-bond acceptors (Lipinski definition) is 1. The molecule has 1 aliphatic carbocycles. The Morgan fingerprint density at radius 3 is 2.60 bits per heavy atom. The molecule has 0 radical (unpaired) electrons. The van der Waals surface area contributed by atoms with Gasteiger partial charge in [-0.3, -0.25) is 4.39 Å². The van der Waals surface area contributed by atoms with Crippen LogP contribution in [0.3, 0.4) is 0 Å². The topological polar surface area (TPSA) is 26.0 Å². The van der Waals surface area contributed by atoms with Crippen molar-refractivity contribution in [3.63, 3.8) is 0 Å². The van der Waals surface area contributed by atoms with E-state index >= 15 is 0 Å². The minimum absolute atomic E-state index is 0.203. The van der Waals surface area contributed by atoms with Crippen molar-refractivity contribution in [1.82, 2.24) is 0 Å². The van der Waals surface area contributed by atoms with Crippen LogP contribution in [-0.2, 0) is 12.0 Å². The van der Waals surface area contributed by atoms with Gasteiger partial charge in [0.1, 0.15) is 0 Å². The second-order valence-corrected chi connectivity index (χ2v) is 4.53. The normalized spacial score (nSPS) is 19.3. The van der Waals surface area contributed by atoms with Gasteiger partial charge in [-0.25, -0.2) is 0 Å². The molecule has 0 saturated heterocycles. The first-order valence-corrected chi connectivity index (χ1v) is 5.66. The summed E-state index contributed by atoms with van der Waals surface area (Å²) >= 11 is 0. The van der Waals surface area contributed by atoms with Crippen LogP contribution in [0, 0.1) is 0 Å². The fourth-order valence-corrected chi connectivity index (χ4v) is 2.58. The maximum Gasteiger partial charge on any atom is 0.0990 e. The molecule has 2 rings (SSSR count). The molecular formula is C13H18FN. The highest BCUT2D eigenvalue weighted by molar-refractivity contribution is 5.31. The summed E-state index contributed by atoms with van der Waals surface area (Å²) in [6.45, 7) is 0.303. The molecule has 15 heavy (non-hydrogen) atoms. The summed E-state index contributed by atoms with van der Waals surface area (Å²) in [5, 5.41) is 0. The molecule has 0 unspecified atom stereocenters. The van der Waals surface area contributed by atoms with E-state index in [0.717, 1.165) is 36.8 Å². The van der Waals surface area contributed by atoms with Crippen LogP contribution in [0.4, 0.5) is 4.39 Å². The second kappa shape index (κ2) is 4.31. The molecule has 0 bridgehead atoms. The van der Waals surface area contributed by atoms with Gasteiger partial charge in [-0.15, -0.1) is 0 Å². The molecule has 0 atom stereocenters. The van der Waals surface area contributed by atoms with Gasteiger partial charge >= 0.3 is 0 Å². The summed E-state index contributed by atoms with van der Waals surface area (Å²) < 4.78 is 13.2. The van der Waals surface area contributed by atoms with E-state index in [4.69, 9.17) is 5.73 Å². The molecule has 1 nitrogen and oxygen atoms in total. The fourth-order valence-electron chi connectivity index (χ4n) is 2.58. The van der Waals surface area contributed by atoms with Gasteiger partial charge < -0.3 is 5.73 Å². The lowest BCUT2D eigenvalue weighted by molar-refractivity contribution is 0.309. The third kappa shape index (κ3) is 1.91. The van der Waals surface area contributed by atoms with Crippen LogP contribution in [0.25, 0.3) is 0 Å². The monoisotopic (exact) mass is 207 g/mol. The Labute approximate surface area is 90.5 Å². The molecule has 1 aromatic carbocycles. The molecule has 2 N–H and O–H groups in total. The lowest BCUT2D eigenvalue weighted by Crippen LogP contribution is -2.24. The fraction of sp³-hybridized carbons (Fsp3) is 0.538. The van der Waals surface area contributed by atoms with Crippen LogP contribution in [0.2, 0.25) is 0 Å². The predicted octanol–water partition coefficient (Wildman–Crippen LogP) is 2.93. The van der Waals surface area contributed by atoms with Gasteiger partial charge in [0.05, 0.1) is 6.67 Å². The Balaban J connectivity index is 2.33. The summed E-state index contributed by atoms with van der Waals surface area (Å²) in [5.74, 6) is 0. The minimum Gasteiger partial charge on any atom is -0.326 e. The van der Waals surface area contributed by atoms with Gasteiger partial charge in [-0.2, -0.15) is 0 Å². The van der Waals surface area contributed by atoms with Crippen molar-refractivity contribution in [2.75, 3.05) is 6.67 Å². The Bertz CT molecular complexity index is 329. The molecular weight excluding hydrogens is 189 g/mol.